The second kappa shape index (κ2) is 9.27. The lowest BCUT2D eigenvalue weighted by Gasteiger charge is -2.15. The standard InChI is InChI=1S/C19H20F3NO4/c1-13-4-3-5-15(10-13)27-12-18(24)23-16-11-14(19(20,21)22)6-7-17(16)26-9-8-25-2/h3-7,10-11H,8-9,12H2,1-2H3,(H,23,24). The summed E-state index contributed by atoms with van der Waals surface area (Å²) in [6.07, 6.45) is -4.54. The van der Waals surface area contributed by atoms with Crippen molar-refractivity contribution in [3.63, 3.8) is 0 Å². The molecular formula is C19H20F3NO4. The van der Waals surface area contributed by atoms with Gasteiger partial charge in [-0.15, -0.1) is 0 Å². The number of benzene rings is 2. The normalized spacial score (nSPS) is 11.1. The number of anilines is 1. The van der Waals surface area contributed by atoms with Crippen molar-refractivity contribution in [2.24, 2.45) is 0 Å². The van der Waals surface area contributed by atoms with Crippen molar-refractivity contribution in [1.29, 1.82) is 0 Å². The van der Waals surface area contributed by atoms with Crippen LogP contribution in [-0.4, -0.2) is 32.8 Å². The molecule has 0 saturated heterocycles. The molecule has 2 aromatic carbocycles. The highest BCUT2D eigenvalue weighted by molar-refractivity contribution is 5.93. The number of hydrogen-bond donors (Lipinski definition) is 1. The Morgan fingerprint density at radius 2 is 1.85 bits per heavy atom. The van der Waals surface area contributed by atoms with Gasteiger partial charge in [-0.1, -0.05) is 12.1 Å². The Morgan fingerprint density at radius 3 is 2.52 bits per heavy atom. The molecule has 146 valence electrons. The maximum absolute atomic E-state index is 13.0. The minimum Gasteiger partial charge on any atom is -0.489 e. The number of carbonyl (C=O) groups is 1. The topological polar surface area (TPSA) is 56.8 Å². The van der Waals surface area contributed by atoms with E-state index in [9.17, 15) is 18.0 Å². The third kappa shape index (κ3) is 6.49. The van der Waals surface area contributed by atoms with Gasteiger partial charge in [-0.05, 0) is 42.8 Å². The lowest BCUT2D eigenvalue weighted by Crippen LogP contribution is -2.21. The molecule has 2 rings (SSSR count). The smallest absolute Gasteiger partial charge is 0.416 e. The summed E-state index contributed by atoms with van der Waals surface area (Å²) in [5.41, 5.74) is -0.0186. The van der Waals surface area contributed by atoms with E-state index in [0.29, 0.717) is 5.75 Å². The Bertz CT molecular complexity index is 778. The average Bonchev–Trinajstić information content (AvgIpc) is 2.60. The van der Waals surface area contributed by atoms with Crippen LogP contribution >= 0.6 is 0 Å². The van der Waals surface area contributed by atoms with Crippen molar-refractivity contribution < 1.29 is 32.2 Å². The largest absolute Gasteiger partial charge is 0.489 e. The fraction of sp³-hybridized carbons (Fsp3) is 0.316. The molecule has 0 spiro atoms. The summed E-state index contributed by atoms with van der Waals surface area (Å²) in [6, 6.07) is 9.96. The zero-order chi connectivity index (χ0) is 19.9. The van der Waals surface area contributed by atoms with Crippen LogP contribution < -0.4 is 14.8 Å². The van der Waals surface area contributed by atoms with E-state index in [0.717, 1.165) is 23.8 Å². The Balaban J connectivity index is 2.09. The van der Waals surface area contributed by atoms with E-state index in [1.165, 1.54) is 7.11 Å². The van der Waals surface area contributed by atoms with Gasteiger partial charge in [-0.25, -0.2) is 0 Å². The van der Waals surface area contributed by atoms with Crippen molar-refractivity contribution in [2.75, 3.05) is 32.2 Å². The second-order valence-electron chi connectivity index (χ2n) is 5.70. The zero-order valence-corrected chi connectivity index (χ0v) is 14.9. The quantitative estimate of drug-likeness (QED) is 0.699. The molecule has 0 fully saturated rings. The molecule has 0 aromatic heterocycles. The van der Waals surface area contributed by atoms with E-state index in [4.69, 9.17) is 14.2 Å². The number of rotatable bonds is 8. The Morgan fingerprint density at radius 1 is 1.07 bits per heavy atom. The highest BCUT2D eigenvalue weighted by Gasteiger charge is 2.31. The number of aryl methyl sites for hydroxylation is 1. The summed E-state index contributed by atoms with van der Waals surface area (Å²) in [5.74, 6) is 0.00198. The molecule has 0 atom stereocenters. The fourth-order valence-corrected chi connectivity index (χ4v) is 2.21. The average molecular weight is 383 g/mol. The van der Waals surface area contributed by atoms with Gasteiger partial charge in [0.2, 0.25) is 0 Å². The molecule has 0 saturated carbocycles. The SMILES string of the molecule is COCCOc1ccc(C(F)(F)F)cc1NC(=O)COc1cccc(C)c1. The molecule has 0 radical (unpaired) electrons. The third-order valence-corrected chi connectivity index (χ3v) is 3.49. The predicted octanol–water partition coefficient (Wildman–Crippen LogP) is 4.06. The van der Waals surface area contributed by atoms with Crippen LogP contribution in [-0.2, 0) is 15.7 Å². The van der Waals surface area contributed by atoms with Crippen LogP contribution in [0.15, 0.2) is 42.5 Å². The maximum atomic E-state index is 13.0. The molecule has 0 aliphatic carbocycles. The number of amides is 1. The van der Waals surface area contributed by atoms with Crippen molar-refractivity contribution in [3.8, 4) is 11.5 Å². The predicted molar refractivity (Wildman–Crippen MR) is 94.1 cm³/mol. The van der Waals surface area contributed by atoms with Gasteiger partial charge in [0, 0.05) is 7.11 Å². The molecule has 0 aliphatic rings. The van der Waals surface area contributed by atoms with Crippen molar-refractivity contribution in [2.45, 2.75) is 13.1 Å². The number of methoxy groups -OCH3 is 1. The van der Waals surface area contributed by atoms with Gasteiger partial charge in [0.1, 0.15) is 18.1 Å². The van der Waals surface area contributed by atoms with Gasteiger partial charge < -0.3 is 19.5 Å². The molecule has 0 aliphatic heterocycles. The first-order valence-corrected chi connectivity index (χ1v) is 8.12. The number of hydrogen-bond acceptors (Lipinski definition) is 4. The van der Waals surface area contributed by atoms with Gasteiger partial charge in [-0.3, -0.25) is 4.79 Å². The summed E-state index contributed by atoms with van der Waals surface area (Å²) in [6.45, 7) is 1.91. The number of ether oxygens (including phenoxy) is 3. The highest BCUT2D eigenvalue weighted by atomic mass is 19.4. The summed E-state index contributed by atoms with van der Waals surface area (Å²) in [4.78, 5) is 12.1. The monoisotopic (exact) mass is 383 g/mol. The molecule has 2 aromatic rings. The molecule has 5 nitrogen and oxygen atoms in total. The number of alkyl halides is 3. The fourth-order valence-electron chi connectivity index (χ4n) is 2.21. The number of nitrogens with one attached hydrogen (secondary N) is 1. The van der Waals surface area contributed by atoms with Crippen LogP contribution in [0.5, 0.6) is 11.5 Å². The Hall–Kier alpha value is -2.74. The summed E-state index contributed by atoms with van der Waals surface area (Å²) < 4.78 is 54.4. The Kier molecular flexibility index (Phi) is 7.06. The van der Waals surface area contributed by atoms with Crippen molar-refractivity contribution in [3.05, 3.63) is 53.6 Å². The highest BCUT2D eigenvalue weighted by Crippen LogP contribution is 2.35. The lowest BCUT2D eigenvalue weighted by atomic mass is 10.1. The van der Waals surface area contributed by atoms with Crippen LogP contribution in [0.2, 0.25) is 0 Å². The molecule has 8 heteroatoms. The molecule has 1 amide bonds. The lowest BCUT2D eigenvalue weighted by molar-refractivity contribution is -0.137. The third-order valence-electron chi connectivity index (χ3n) is 3.49. The first-order valence-electron chi connectivity index (χ1n) is 8.12. The summed E-state index contributed by atoms with van der Waals surface area (Å²) in [5, 5.41) is 2.41. The molecular weight excluding hydrogens is 363 g/mol. The van der Waals surface area contributed by atoms with Gasteiger partial charge >= 0.3 is 6.18 Å². The molecule has 27 heavy (non-hydrogen) atoms. The van der Waals surface area contributed by atoms with Gasteiger partial charge in [0.15, 0.2) is 6.61 Å². The van der Waals surface area contributed by atoms with E-state index in [2.05, 4.69) is 5.32 Å². The Labute approximate surface area is 155 Å². The van der Waals surface area contributed by atoms with Crippen LogP contribution in [0.3, 0.4) is 0 Å². The summed E-state index contributed by atoms with van der Waals surface area (Å²) in [7, 11) is 1.47. The molecule has 0 bridgehead atoms. The van der Waals surface area contributed by atoms with E-state index in [-0.39, 0.29) is 31.3 Å². The first kappa shape index (κ1) is 20.6. The second-order valence-corrected chi connectivity index (χ2v) is 5.70. The first-order chi connectivity index (χ1) is 12.8. The van der Waals surface area contributed by atoms with E-state index < -0.39 is 17.6 Å². The number of halogens is 3. The van der Waals surface area contributed by atoms with Crippen LogP contribution in [0.25, 0.3) is 0 Å². The maximum Gasteiger partial charge on any atom is 0.416 e. The van der Waals surface area contributed by atoms with Gasteiger partial charge in [-0.2, -0.15) is 13.2 Å². The summed E-state index contributed by atoms with van der Waals surface area (Å²) >= 11 is 0. The van der Waals surface area contributed by atoms with E-state index >= 15 is 0 Å². The van der Waals surface area contributed by atoms with E-state index in [1.54, 1.807) is 18.2 Å². The van der Waals surface area contributed by atoms with Crippen LogP contribution in [0.4, 0.5) is 18.9 Å². The minimum atomic E-state index is -4.54. The van der Waals surface area contributed by atoms with Crippen molar-refractivity contribution in [1.82, 2.24) is 0 Å². The molecule has 0 heterocycles. The van der Waals surface area contributed by atoms with Gasteiger partial charge in [0.25, 0.3) is 5.91 Å². The molecule has 0 unspecified atom stereocenters. The van der Waals surface area contributed by atoms with E-state index in [1.807, 2.05) is 13.0 Å². The molecule has 1 N–H and O–H groups in total. The minimum absolute atomic E-state index is 0.0845. The van der Waals surface area contributed by atoms with Crippen molar-refractivity contribution >= 4 is 11.6 Å². The van der Waals surface area contributed by atoms with Crippen LogP contribution in [0, 0.1) is 6.92 Å². The number of carbonyl (C=O) groups excluding carboxylic acids is 1. The van der Waals surface area contributed by atoms with Crippen LogP contribution in [0.1, 0.15) is 11.1 Å². The van der Waals surface area contributed by atoms with Gasteiger partial charge in [0.05, 0.1) is 17.9 Å². The zero-order valence-electron chi connectivity index (χ0n) is 14.9.